The van der Waals surface area contributed by atoms with E-state index >= 15 is 0 Å². The molecule has 3 N–H and O–H groups in total. The summed E-state index contributed by atoms with van der Waals surface area (Å²) in [6, 6.07) is 3.15. The lowest BCUT2D eigenvalue weighted by Crippen LogP contribution is -2.44. The number of nitrogens with zero attached hydrogens (tertiary/aromatic N) is 2. The van der Waals surface area contributed by atoms with E-state index in [2.05, 4.69) is 4.98 Å². The van der Waals surface area contributed by atoms with Gasteiger partial charge in [0.2, 0.25) is 0 Å². The van der Waals surface area contributed by atoms with Crippen molar-refractivity contribution in [2.75, 3.05) is 11.4 Å². The van der Waals surface area contributed by atoms with Crippen LogP contribution < -0.4 is 10.6 Å². The maximum absolute atomic E-state index is 11.1. The Morgan fingerprint density at radius 2 is 2.06 bits per heavy atom. The Morgan fingerprint density at radius 1 is 1.44 bits per heavy atom. The fraction of sp³-hybridized carbons (Fsp3) is 0.417. The van der Waals surface area contributed by atoms with E-state index in [0.717, 1.165) is 0 Å². The summed E-state index contributed by atoms with van der Waals surface area (Å²) in [4.78, 5) is 27.5. The van der Waals surface area contributed by atoms with Crippen molar-refractivity contribution in [2.24, 2.45) is 5.73 Å². The molecule has 1 heterocycles. The maximum atomic E-state index is 11.1. The van der Waals surface area contributed by atoms with E-state index in [1.54, 1.807) is 11.0 Å². The van der Waals surface area contributed by atoms with Crippen LogP contribution in [0.5, 0.6) is 0 Å². The molecule has 0 fully saturated rings. The predicted molar refractivity (Wildman–Crippen MR) is 67.5 cm³/mol. The number of rotatable bonds is 4. The second-order valence-corrected chi connectivity index (χ2v) is 4.91. The average molecular weight is 251 g/mol. The molecule has 0 bridgehead atoms. The minimum absolute atomic E-state index is 0.118. The van der Waals surface area contributed by atoms with Gasteiger partial charge in [-0.15, -0.1) is 0 Å². The van der Waals surface area contributed by atoms with Gasteiger partial charge in [0, 0.05) is 17.4 Å². The van der Waals surface area contributed by atoms with Crippen LogP contribution in [0.25, 0.3) is 0 Å². The summed E-state index contributed by atoms with van der Waals surface area (Å²) in [7, 11) is 0. The van der Waals surface area contributed by atoms with Gasteiger partial charge in [-0.3, -0.25) is 14.6 Å². The Balaban J connectivity index is 3.17. The molecule has 1 aromatic heterocycles. The summed E-state index contributed by atoms with van der Waals surface area (Å²) in [5.74, 6) is -1.58. The number of carboxylic acid groups (broad SMARTS) is 1. The van der Waals surface area contributed by atoms with E-state index in [1.165, 1.54) is 12.3 Å². The van der Waals surface area contributed by atoms with Crippen molar-refractivity contribution in [2.45, 2.75) is 26.3 Å². The summed E-state index contributed by atoms with van der Waals surface area (Å²) in [6.07, 6.45) is 1.44. The van der Waals surface area contributed by atoms with Gasteiger partial charge in [0.15, 0.2) is 0 Å². The molecule has 0 saturated heterocycles. The molecule has 0 radical (unpaired) electrons. The molecule has 0 unspecified atom stereocenters. The molecule has 18 heavy (non-hydrogen) atoms. The molecule has 0 aliphatic rings. The van der Waals surface area contributed by atoms with Gasteiger partial charge >= 0.3 is 5.97 Å². The Hall–Kier alpha value is -2.11. The molecule has 0 aromatic carbocycles. The number of carbonyl (C=O) groups is 2. The fourth-order valence-corrected chi connectivity index (χ4v) is 1.57. The van der Waals surface area contributed by atoms with Gasteiger partial charge in [-0.05, 0) is 32.9 Å². The summed E-state index contributed by atoms with van der Waals surface area (Å²) in [5, 5.41) is 8.94. The number of aromatic nitrogens is 1. The molecule has 98 valence electrons. The second-order valence-electron chi connectivity index (χ2n) is 4.91. The predicted octanol–water partition coefficient (Wildman–Crippen LogP) is 0.870. The number of amides is 1. The maximum Gasteiger partial charge on any atom is 0.323 e. The Bertz CT molecular complexity index is 466. The normalized spacial score (nSPS) is 11.1. The first-order chi connectivity index (χ1) is 8.21. The SMILES string of the molecule is CC(C)(C)N(CC(=O)O)c1ccnc(C(N)=O)c1. The summed E-state index contributed by atoms with van der Waals surface area (Å²) in [6.45, 7) is 5.51. The number of hydrogen-bond donors (Lipinski definition) is 2. The summed E-state index contributed by atoms with van der Waals surface area (Å²) in [5.41, 5.74) is 5.49. The van der Waals surface area contributed by atoms with Crippen LogP contribution in [-0.2, 0) is 4.79 Å². The lowest BCUT2D eigenvalue weighted by atomic mass is 10.0. The highest BCUT2D eigenvalue weighted by atomic mass is 16.4. The first-order valence-electron chi connectivity index (χ1n) is 5.47. The van der Waals surface area contributed by atoms with Crippen LogP contribution in [0.3, 0.4) is 0 Å². The van der Waals surface area contributed by atoms with Gasteiger partial charge in [0.25, 0.3) is 5.91 Å². The van der Waals surface area contributed by atoms with E-state index in [1.807, 2.05) is 20.8 Å². The van der Waals surface area contributed by atoms with E-state index in [0.29, 0.717) is 5.69 Å². The molecule has 0 aliphatic heterocycles. The van der Waals surface area contributed by atoms with E-state index in [9.17, 15) is 9.59 Å². The molecule has 0 saturated carbocycles. The van der Waals surface area contributed by atoms with Crippen LogP contribution in [0.2, 0.25) is 0 Å². The number of carboxylic acids is 1. The second kappa shape index (κ2) is 5.03. The minimum Gasteiger partial charge on any atom is -0.480 e. The van der Waals surface area contributed by atoms with Gasteiger partial charge in [-0.25, -0.2) is 0 Å². The molecule has 1 aromatic rings. The summed E-state index contributed by atoms with van der Waals surface area (Å²) < 4.78 is 0. The van der Waals surface area contributed by atoms with Crippen LogP contribution in [0, 0.1) is 0 Å². The van der Waals surface area contributed by atoms with Gasteiger partial charge in [-0.2, -0.15) is 0 Å². The number of nitrogens with two attached hydrogens (primary N) is 1. The molecule has 6 nitrogen and oxygen atoms in total. The third-order valence-corrected chi connectivity index (χ3v) is 2.41. The highest BCUT2D eigenvalue weighted by molar-refractivity contribution is 5.91. The van der Waals surface area contributed by atoms with Crippen LogP contribution in [0.15, 0.2) is 18.3 Å². The van der Waals surface area contributed by atoms with Crippen LogP contribution in [0.4, 0.5) is 5.69 Å². The van der Waals surface area contributed by atoms with Crippen molar-refractivity contribution in [1.29, 1.82) is 0 Å². The van der Waals surface area contributed by atoms with Crippen molar-refractivity contribution in [3.05, 3.63) is 24.0 Å². The largest absolute Gasteiger partial charge is 0.480 e. The molecule has 1 amide bonds. The first kappa shape index (κ1) is 14.0. The lowest BCUT2D eigenvalue weighted by Gasteiger charge is -2.36. The van der Waals surface area contributed by atoms with Crippen LogP contribution in [-0.4, -0.2) is 34.1 Å². The topological polar surface area (TPSA) is 96.5 Å². The molecule has 0 atom stereocenters. The third kappa shape index (κ3) is 3.44. The number of aliphatic carboxylic acids is 1. The van der Waals surface area contributed by atoms with Gasteiger partial charge in [0.05, 0.1) is 0 Å². The zero-order valence-electron chi connectivity index (χ0n) is 10.7. The molecule has 0 spiro atoms. The number of primary amides is 1. The van der Waals surface area contributed by atoms with Gasteiger partial charge in [-0.1, -0.05) is 0 Å². The molecule has 1 rings (SSSR count). The molecule has 6 heteroatoms. The standard InChI is InChI=1S/C12H17N3O3/c1-12(2,3)15(7-10(16)17)8-4-5-14-9(6-8)11(13)18/h4-6H,7H2,1-3H3,(H2,13,18)(H,16,17). The smallest absolute Gasteiger partial charge is 0.323 e. The zero-order chi connectivity index (χ0) is 13.9. The highest BCUT2D eigenvalue weighted by Gasteiger charge is 2.24. The Labute approximate surface area is 105 Å². The quantitative estimate of drug-likeness (QED) is 0.827. The van der Waals surface area contributed by atoms with Crippen molar-refractivity contribution in [3.8, 4) is 0 Å². The molecular formula is C12H17N3O3. The Morgan fingerprint density at radius 3 is 2.50 bits per heavy atom. The number of carbonyl (C=O) groups excluding carboxylic acids is 1. The number of anilines is 1. The first-order valence-corrected chi connectivity index (χ1v) is 5.47. The zero-order valence-corrected chi connectivity index (χ0v) is 10.7. The van der Waals surface area contributed by atoms with Crippen molar-refractivity contribution >= 4 is 17.6 Å². The minimum atomic E-state index is -0.942. The lowest BCUT2D eigenvalue weighted by molar-refractivity contribution is -0.135. The fourth-order valence-electron chi connectivity index (χ4n) is 1.57. The van der Waals surface area contributed by atoms with E-state index < -0.39 is 17.4 Å². The number of hydrogen-bond acceptors (Lipinski definition) is 4. The Kier molecular flexibility index (Phi) is 3.90. The molecule has 0 aliphatic carbocycles. The molecular weight excluding hydrogens is 234 g/mol. The van der Waals surface area contributed by atoms with Crippen molar-refractivity contribution in [1.82, 2.24) is 4.98 Å². The number of pyridine rings is 1. The van der Waals surface area contributed by atoms with Crippen molar-refractivity contribution in [3.63, 3.8) is 0 Å². The average Bonchev–Trinajstić information content (AvgIpc) is 2.24. The van der Waals surface area contributed by atoms with Gasteiger partial charge < -0.3 is 15.7 Å². The van der Waals surface area contributed by atoms with Crippen LogP contribution >= 0.6 is 0 Å². The third-order valence-electron chi connectivity index (χ3n) is 2.41. The monoisotopic (exact) mass is 251 g/mol. The highest BCUT2D eigenvalue weighted by Crippen LogP contribution is 2.23. The van der Waals surface area contributed by atoms with Crippen molar-refractivity contribution < 1.29 is 14.7 Å². The van der Waals surface area contributed by atoms with Gasteiger partial charge in [0.1, 0.15) is 12.2 Å². The van der Waals surface area contributed by atoms with E-state index in [4.69, 9.17) is 10.8 Å². The summed E-state index contributed by atoms with van der Waals surface area (Å²) >= 11 is 0. The van der Waals surface area contributed by atoms with Crippen LogP contribution in [0.1, 0.15) is 31.3 Å². The van der Waals surface area contributed by atoms with E-state index in [-0.39, 0.29) is 12.2 Å².